The number of phenolic OH excluding ortho intramolecular Hbond substituents is 2. The van der Waals surface area contributed by atoms with E-state index in [1.807, 2.05) is 0 Å². The maximum absolute atomic E-state index is 12.3. The largest absolute Gasteiger partial charge is 0.507 e. The average Bonchev–Trinajstić information content (AvgIpc) is 2.42. The zero-order valence-electron chi connectivity index (χ0n) is 10.3. The van der Waals surface area contributed by atoms with Crippen LogP contribution in [0.3, 0.4) is 0 Å². The quantitative estimate of drug-likeness (QED) is 0.659. The Bertz CT molecular complexity index is 677. The van der Waals surface area contributed by atoms with E-state index in [0.29, 0.717) is 10.8 Å². The maximum Gasteiger partial charge on any atom is 0.364 e. The lowest BCUT2D eigenvalue weighted by Crippen LogP contribution is -2.08. The second-order valence-electron chi connectivity index (χ2n) is 3.82. The molecule has 0 bridgehead atoms. The van der Waals surface area contributed by atoms with Crippen LogP contribution in [0.15, 0.2) is 28.7 Å². The molecule has 0 radical (unpaired) electrons. The highest BCUT2D eigenvalue weighted by molar-refractivity contribution is 9.10. The van der Waals surface area contributed by atoms with Gasteiger partial charge in [0, 0.05) is 29.5 Å². The smallest absolute Gasteiger partial charge is 0.364 e. The van der Waals surface area contributed by atoms with Crippen molar-refractivity contribution in [3.8, 4) is 11.5 Å². The molecule has 2 aromatic carbocycles. The summed E-state index contributed by atoms with van der Waals surface area (Å²) in [6.45, 7) is 0. The molecule has 2 rings (SSSR count). The Balaban J connectivity index is 2.83. The summed E-state index contributed by atoms with van der Waals surface area (Å²) in [7, 11) is -1.21. The van der Waals surface area contributed by atoms with Gasteiger partial charge in [0.15, 0.2) is 0 Å². The van der Waals surface area contributed by atoms with Crippen molar-refractivity contribution in [1.29, 1.82) is 0 Å². The molecule has 0 amide bonds. The predicted molar refractivity (Wildman–Crippen MR) is 76.2 cm³/mol. The summed E-state index contributed by atoms with van der Waals surface area (Å²) >= 11 is 3.28. The van der Waals surface area contributed by atoms with Crippen molar-refractivity contribution in [2.45, 2.75) is 0 Å². The van der Waals surface area contributed by atoms with Crippen molar-refractivity contribution in [2.75, 3.05) is 14.2 Å². The summed E-state index contributed by atoms with van der Waals surface area (Å²) in [6.07, 6.45) is 0. The van der Waals surface area contributed by atoms with E-state index in [1.165, 1.54) is 20.3 Å². The van der Waals surface area contributed by atoms with E-state index in [1.54, 1.807) is 18.2 Å². The molecule has 0 saturated carbocycles. The fourth-order valence-electron chi connectivity index (χ4n) is 1.83. The number of hydrogen-bond donors (Lipinski definition) is 2. The van der Waals surface area contributed by atoms with Crippen molar-refractivity contribution in [2.24, 2.45) is 0 Å². The van der Waals surface area contributed by atoms with E-state index in [2.05, 4.69) is 15.9 Å². The van der Waals surface area contributed by atoms with Gasteiger partial charge in [-0.25, -0.2) is 0 Å². The fourth-order valence-corrected chi connectivity index (χ4v) is 3.39. The van der Waals surface area contributed by atoms with Crippen LogP contribution in [0.1, 0.15) is 0 Å². The summed E-state index contributed by atoms with van der Waals surface area (Å²) in [5.74, 6) is -0.342. The van der Waals surface area contributed by atoms with Gasteiger partial charge < -0.3 is 19.3 Å². The van der Waals surface area contributed by atoms with E-state index < -0.39 is 7.60 Å². The van der Waals surface area contributed by atoms with Crippen LogP contribution < -0.4 is 5.30 Å². The number of halogens is 1. The third-order valence-corrected chi connectivity index (χ3v) is 5.19. The molecule has 0 spiro atoms. The molecular weight excluding hydrogens is 335 g/mol. The van der Waals surface area contributed by atoms with Crippen molar-refractivity contribution >= 4 is 39.6 Å². The van der Waals surface area contributed by atoms with Crippen LogP contribution in [0.5, 0.6) is 11.5 Å². The first-order valence-corrected chi connectivity index (χ1v) is 7.63. The topological polar surface area (TPSA) is 76.0 Å². The Hall–Kier alpha value is -1.07. The van der Waals surface area contributed by atoms with E-state index in [-0.39, 0.29) is 16.8 Å². The van der Waals surface area contributed by atoms with Gasteiger partial charge in [0.05, 0.1) is 0 Å². The monoisotopic (exact) mass is 346 g/mol. The number of phenols is 2. The summed E-state index contributed by atoms with van der Waals surface area (Å²) in [4.78, 5) is 0. The van der Waals surface area contributed by atoms with Crippen LogP contribution in [-0.4, -0.2) is 24.4 Å². The molecule has 0 aromatic heterocycles. The number of benzene rings is 2. The highest BCUT2D eigenvalue weighted by Crippen LogP contribution is 2.50. The first-order chi connectivity index (χ1) is 8.92. The normalized spacial score (nSPS) is 11.9. The molecule has 19 heavy (non-hydrogen) atoms. The molecule has 0 saturated heterocycles. The number of fused-ring (bicyclic) bond motifs is 1. The molecule has 0 aliphatic heterocycles. The number of rotatable bonds is 3. The molecular formula is C12H12BrO5P. The lowest BCUT2D eigenvalue weighted by molar-refractivity contribution is 0.286. The molecule has 2 aromatic rings. The summed E-state index contributed by atoms with van der Waals surface area (Å²) < 4.78 is 22.7. The molecule has 0 fully saturated rings. The van der Waals surface area contributed by atoms with Gasteiger partial charge in [-0.05, 0) is 24.3 Å². The van der Waals surface area contributed by atoms with Crippen LogP contribution in [0.4, 0.5) is 0 Å². The Labute approximate surface area is 118 Å². The van der Waals surface area contributed by atoms with Gasteiger partial charge in [0.25, 0.3) is 0 Å². The van der Waals surface area contributed by atoms with E-state index in [0.717, 1.165) is 4.47 Å². The lowest BCUT2D eigenvalue weighted by Gasteiger charge is -2.17. The second kappa shape index (κ2) is 5.13. The van der Waals surface area contributed by atoms with E-state index in [9.17, 15) is 14.8 Å². The summed E-state index contributed by atoms with van der Waals surface area (Å²) in [6, 6.07) is 6.15. The molecule has 102 valence electrons. The lowest BCUT2D eigenvalue weighted by atomic mass is 10.1. The molecule has 7 heteroatoms. The van der Waals surface area contributed by atoms with Gasteiger partial charge in [0.2, 0.25) is 0 Å². The summed E-state index contributed by atoms with van der Waals surface area (Å²) in [5.41, 5.74) is 0. The fraction of sp³-hybridized carbons (Fsp3) is 0.167. The molecule has 0 unspecified atom stereocenters. The van der Waals surface area contributed by atoms with Gasteiger partial charge in [-0.15, -0.1) is 0 Å². The third-order valence-electron chi connectivity index (χ3n) is 2.80. The van der Waals surface area contributed by atoms with Gasteiger partial charge >= 0.3 is 7.60 Å². The first-order valence-electron chi connectivity index (χ1n) is 5.29. The molecule has 0 aliphatic rings. The highest BCUT2D eigenvalue weighted by Gasteiger charge is 2.30. The highest BCUT2D eigenvalue weighted by atomic mass is 79.9. The van der Waals surface area contributed by atoms with Crippen LogP contribution >= 0.6 is 23.5 Å². The predicted octanol–water partition coefficient (Wildman–Crippen LogP) is 3.12. The molecule has 2 N–H and O–H groups in total. The zero-order chi connectivity index (χ0) is 14.2. The van der Waals surface area contributed by atoms with Gasteiger partial charge in [-0.3, -0.25) is 4.57 Å². The molecule has 0 atom stereocenters. The van der Waals surface area contributed by atoms with Crippen molar-refractivity contribution in [1.82, 2.24) is 0 Å². The maximum atomic E-state index is 12.3. The van der Waals surface area contributed by atoms with Gasteiger partial charge in [-0.1, -0.05) is 15.9 Å². The van der Waals surface area contributed by atoms with Crippen LogP contribution in [-0.2, 0) is 13.6 Å². The minimum absolute atomic E-state index is 0.0650. The van der Waals surface area contributed by atoms with Crippen molar-refractivity contribution in [3.63, 3.8) is 0 Å². The minimum atomic E-state index is -3.64. The Morgan fingerprint density at radius 3 is 2.32 bits per heavy atom. The summed E-state index contributed by atoms with van der Waals surface area (Å²) in [5, 5.41) is 20.9. The standard InChI is InChI=1S/C12H12BrO5P/c1-17-19(16,18-2)11-6-10(14)9-5-7(13)3-4-8(9)12(11)15/h3-6,14-15H,1-2H3. The molecule has 5 nitrogen and oxygen atoms in total. The average molecular weight is 347 g/mol. The van der Waals surface area contributed by atoms with E-state index in [4.69, 9.17) is 9.05 Å². The van der Waals surface area contributed by atoms with Crippen molar-refractivity contribution < 1.29 is 23.8 Å². The first kappa shape index (κ1) is 14.3. The third kappa shape index (κ3) is 2.37. The Morgan fingerprint density at radius 1 is 1.11 bits per heavy atom. The van der Waals surface area contributed by atoms with Crippen LogP contribution in [0.2, 0.25) is 0 Å². The number of aromatic hydroxyl groups is 2. The Kier molecular flexibility index (Phi) is 3.87. The molecule has 0 aliphatic carbocycles. The van der Waals surface area contributed by atoms with Gasteiger partial charge in [0.1, 0.15) is 16.8 Å². The van der Waals surface area contributed by atoms with Crippen LogP contribution in [0, 0.1) is 0 Å². The number of hydrogen-bond acceptors (Lipinski definition) is 5. The van der Waals surface area contributed by atoms with Crippen LogP contribution in [0.25, 0.3) is 10.8 Å². The second-order valence-corrected chi connectivity index (χ2v) is 6.94. The zero-order valence-corrected chi connectivity index (χ0v) is 12.7. The molecule has 0 heterocycles. The van der Waals surface area contributed by atoms with E-state index >= 15 is 0 Å². The minimum Gasteiger partial charge on any atom is -0.507 e. The Morgan fingerprint density at radius 2 is 1.74 bits per heavy atom. The SMILES string of the molecule is COP(=O)(OC)c1cc(O)c2cc(Br)ccc2c1O. The van der Waals surface area contributed by atoms with Crippen molar-refractivity contribution in [3.05, 3.63) is 28.7 Å². The van der Waals surface area contributed by atoms with Gasteiger partial charge in [-0.2, -0.15) is 0 Å².